The molecular formula is C12H25N3S. The van der Waals surface area contributed by atoms with Gasteiger partial charge in [0.05, 0.1) is 6.54 Å². The van der Waals surface area contributed by atoms with Gasteiger partial charge >= 0.3 is 0 Å². The first kappa shape index (κ1) is 13.7. The van der Waals surface area contributed by atoms with Gasteiger partial charge in [0, 0.05) is 25.4 Å². The molecular weight excluding hydrogens is 218 g/mol. The first-order valence-corrected chi connectivity index (χ1v) is 7.69. The molecule has 1 rings (SSSR count). The van der Waals surface area contributed by atoms with E-state index in [0.717, 1.165) is 43.8 Å². The number of guanidine groups is 1. The molecule has 1 fully saturated rings. The molecule has 0 aliphatic carbocycles. The summed E-state index contributed by atoms with van der Waals surface area (Å²) in [6.45, 7) is 8.67. The van der Waals surface area contributed by atoms with Crippen molar-refractivity contribution in [2.24, 2.45) is 10.9 Å². The van der Waals surface area contributed by atoms with Gasteiger partial charge in [0.15, 0.2) is 5.96 Å². The Bertz CT molecular complexity index is 218. The Balaban J connectivity index is 2.50. The molecule has 16 heavy (non-hydrogen) atoms. The van der Waals surface area contributed by atoms with Gasteiger partial charge in [0.1, 0.15) is 0 Å². The van der Waals surface area contributed by atoms with Crippen molar-refractivity contribution >= 4 is 17.7 Å². The number of likely N-dealkylation sites (tertiary alicyclic amines) is 1. The van der Waals surface area contributed by atoms with E-state index in [9.17, 15) is 0 Å². The molecule has 0 saturated carbocycles. The number of nitrogens with one attached hydrogen (secondary N) is 1. The Morgan fingerprint density at radius 1 is 1.56 bits per heavy atom. The van der Waals surface area contributed by atoms with Gasteiger partial charge in [0.2, 0.25) is 0 Å². The highest BCUT2D eigenvalue weighted by molar-refractivity contribution is 7.98. The van der Waals surface area contributed by atoms with Crippen LogP contribution < -0.4 is 5.32 Å². The minimum Gasteiger partial charge on any atom is -0.357 e. The van der Waals surface area contributed by atoms with Crippen LogP contribution in [-0.2, 0) is 0 Å². The molecule has 0 aromatic rings. The quantitative estimate of drug-likeness (QED) is 0.465. The van der Waals surface area contributed by atoms with Gasteiger partial charge in [-0.3, -0.25) is 4.99 Å². The fourth-order valence-corrected chi connectivity index (χ4v) is 2.32. The second-order valence-corrected chi connectivity index (χ2v) is 5.41. The summed E-state index contributed by atoms with van der Waals surface area (Å²) < 4.78 is 0. The number of thioether (sulfide) groups is 1. The summed E-state index contributed by atoms with van der Waals surface area (Å²) in [5.41, 5.74) is 0. The Morgan fingerprint density at radius 2 is 2.38 bits per heavy atom. The van der Waals surface area contributed by atoms with Crippen LogP contribution in [0.2, 0.25) is 0 Å². The Kier molecular flexibility index (Phi) is 6.69. The van der Waals surface area contributed by atoms with Gasteiger partial charge in [-0.15, -0.1) is 0 Å². The highest BCUT2D eigenvalue weighted by Crippen LogP contribution is 2.15. The van der Waals surface area contributed by atoms with Crippen LogP contribution in [0.15, 0.2) is 4.99 Å². The van der Waals surface area contributed by atoms with Crippen LogP contribution in [0, 0.1) is 5.92 Å². The molecule has 94 valence electrons. The van der Waals surface area contributed by atoms with E-state index in [4.69, 9.17) is 0 Å². The predicted molar refractivity (Wildman–Crippen MR) is 74.3 cm³/mol. The lowest BCUT2D eigenvalue weighted by Crippen LogP contribution is -2.46. The standard InChI is InChI=1S/C12H25N3S/c1-4-13-12(14-7-9-16-3)15-8-5-6-11(2)10-15/h11H,4-10H2,1-3H3,(H,13,14). The second kappa shape index (κ2) is 7.82. The third kappa shape index (κ3) is 4.64. The molecule has 0 aromatic heterocycles. The van der Waals surface area contributed by atoms with E-state index in [-0.39, 0.29) is 0 Å². The molecule has 1 unspecified atom stereocenters. The van der Waals surface area contributed by atoms with Crippen molar-refractivity contribution < 1.29 is 0 Å². The van der Waals surface area contributed by atoms with Gasteiger partial charge < -0.3 is 10.2 Å². The van der Waals surface area contributed by atoms with Crippen LogP contribution in [0.25, 0.3) is 0 Å². The maximum atomic E-state index is 4.67. The number of piperidine rings is 1. The summed E-state index contributed by atoms with van der Waals surface area (Å²) in [4.78, 5) is 7.09. The van der Waals surface area contributed by atoms with Crippen LogP contribution in [0.5, 0.6) is 0 Å². The van der Waals surface area contributed by atoms with Crippen molar-refractivity contribution in [1.29, 1.82) is 0 Å². The van der Waals surface area contributed by atoms with Crippen molar-refractivity contribution in [3.05, 3.63) is 0 Å². The molecule has 0 aromatic carbocycles. The SMILES string of the molecule is CCNC(=NCCSC)N1CCCC(C)C1. The highest BCUT2D eigenvalue weighted by atomic mass is 32.2. The topological polar surface area (TPSA) is 27.6 Å². The third-order valence-corrected chi connectivity index (χ3v) is 3.44. The molecule has 1 atom stereocenters. The van der Waals surface area contributed by atoms with Crippen molar-refractivity contribution in [2.45, 2.75) is 26.7 Å². The van der Waals surface area contributed by atoms with E-state index >= 15 is 0 Å². The number of hydrogen-bond donors (Lipinski definition) is 1. The van der Waals surface area contributed by atoms with E-state index in [0.29, 0.717) is 0 Å². The van der Waals surface area contributed by atoms with E-state index in [2.05, 4.69) is 35.3 Å². The maximum Gasteiger partial charge on any atom is 0.193 e. The van der Waals surface area contributed by atoms with Crippen LogP contribution in [-0.4, -0.2) is 49.0 Å². The lowest BCUT2D eigenvalue weighted by atomic mass is 10.0. The Morgan fingerprint density at radius 3 is 3.00 bits per heavy atom. The first-order chi connectivity index (χ1) is 7.77. The molecule has 1 aliphatic heterocycles. The average Bonchev–Trinajstić information content (AvgIpc) is 2.28. The maximum absolute atomic E-state index is 4.67. The fourth-order valence-electron chi connectivity index (χ4n) is 2.05. The van der Waals surface area contributed by atoms with Crippen LogP contribution in [0.1, 0.15) is 26.7 Å². The zero-order valence-corrected chi connectivity index (χ0v) is 11.6. The molecule has 0 bridgehead atoms. The number of nitrogens with zero attached hydrogens (tertiary/aromatic N) is 2. The molecule has 1 heterocycles. The first-order valence-electron chi connectivity index (χ1n) is 6.30. The van der Waals surface area contributed by atoms with Gasteiger partial charge in [0.25, 0.3) is 0 Å². The zero-order valence-electron chi connectivity index (χ0n) is 10.8. The molecule has 0 spiro atoms. The minimum absolute atomic E-state index is 0.804. The van der Waals surface area contributed by atoms with Crippen molar-refractivity contribution in [3.63, 3.8) is 0 Å². The summed E-state index contributed by atoms with van der Waals surface area (Å²) in [5, 5.41) is 3.40. The normalized spacial score (nSPS) is 22.3. The fraction of sp³-hybridized carbons (Fsp3) is 0.917. The van der Waals surface area contributed by atoms with Crippen LogP contribution in [0.4, 0.5) is 0 Å². The highest BCUT2D eigenvalue weighted by Gasteiger charge is 2.18. The van der Waals surface area contributed by atoms with Gasteiger partial charge in [-0.1, -0.05) is 6.92 Å². The Hall–Kier alpha value is -0.380. The van der Waals surface area contributed by atoms with E-state index in [1.54, 1.807) is 0 Å². The number of aliphatic imine (C=N–C) groups is 1. The van der Waals surface area contributed by atoms with Gasteiger partial charge in [-0.2, -0.15) is 11.8 Å². The molecule has 3 nitrogen and oxygen atoms in total. The van der Waals surface area contributed by atoms with Crippen molar-refractivity contribution in [1.82, 2.24) is 10.2 Å². The number of rotatable bonds is 4. The average molecular weight is 243 g/mol. The molecule has 4 heteroatoms. The van der Waals surface area contributed by atoms with Crippen molar-refractivity contribution in [2.75, 3.05) is 38.2 Å². The van der Waals surface area contributed by atoms with E-state index in [1.165, 1.54) is 12.8 Å². The van der Waals surface area contributed by atoms with Gasteiger partial charge in [-0.25, -0.2) is 0 Å². The monoisotopic (exact) mass is 243 g/mol. The predicted octanol–water partition coefficient (Wildman–Crippen LogP) is 2.05. The Labute approximate surface area is 104 Å². The summed E-state index contributed by atoms with van der Waals surface area (Å²) in [6, 6.07) is 0. The molecule has 1 saturated heterocycles. The smallest absolute Gasteiger partial charge is 0.193 e. The zero-order chi connectivity index (χ0) is 11.8. The second-order valence-electron chi connectivity index (χ2n) is 4.42. The summed E-state index contributed by atoms with van der Waals surface area (Å²) in [7, 11) is 0. The van der Waals surface area contributed by atoms with E-state index in [1.807, 2.05) is 11.8 Å². The summed E-state index contributed by atoms with van der Waals surface area (Å²) >= 11 is 1.86. The molecule has 1 aliphatic rings. The van der Waals surface area contributed by atoms with Crippen LogP contribution in [0.3, 0.4) is 0 Å². The van der Waals surface area contributed by atoms with E-state index < -0.39 is 0 Å². The number of hydrogen-bond acceptors (Lipinski definition) is 2. The van der Waals surface area contributed by atoms with Gasteiger partial charge in [-0.05, 0) is 31.9 Å². The molecule has 0 radical (unpaired) electrons. The largest absolute Gasteiger partial charge is 0.357 e. The lowest BCUT2D eigenvalue weighted by molar-refractivity contribution is 0.266. The summed E-state index contributed by atoms with van der Waals surface area (Å²) in [6.07, 6.45) is 4.79. The minimum atomic E-state index is 0.804. The lowest BCUT2D eigenvalue weighted by Gasteiger charge is -2.33. The molecule has 0 amide bonds. The van der Waals surface area contributed by atoms with Crippen molar-refractivity contribution in [3.8, 4) is 0 Å². The molecule has 1 N–H and O–H groups in total. The van der Waals surface area contributed by atoms with Crippen LogP contribution >= 0.6 is 11.8 Å². The summed E-state index contributed by atoms with van der Waals surface area (Å²) in [5.74, 6) is 3.03. The third-order valence-electron chi connectivity index (χ3n) is 2.85.